The van der Waals surface area contributed by atoms with Crippen molar-refractivity contribution in [3.63, 3.8) is 0 Å². The van der Waals surface area contributed by atoms with Gasteiger partial charge in [-0.25, -0.2) is 14.3 Å². The molecule has 0 radical (unpaired) electrons. The van der Waals surface area contributed by atoms with E-state index in [9.17, 15) is 27.9 Å². The van der Waals surface area contributed by atoms with Crippen molar-refractivity contribution in [2.24, 2.45) is 0 Å². The highest BCUT2D eigenvalue weighted by atomic mass is 35.5. The van der Waals surface area contributed by atoms with Gasteiger partial charge in [0.1, 0.15) is 0 Å². The first-order valence-electron chi connectivity index (χ1n) is 8.95. The molecular weight excluding hydrogens is 439 g/mol. The van der Waals surface area contributed by atoms with Crippen LogP contribution in [0.5, 0.6) is 0 Å². The van der Waals surface area contributed by atoms with Crippen LogP contribution in [0.1, 0.15) is 15.9 Å². The van der Waals surface area contributed by atoms with Gasteiger partial charge in [0, 0.05) is 10.6 Å². The second-order valence-electron chi connectivity index (χ2n) is 6.63. The number of halogens is 4. The molecule has 0 saturated heterocycles. The number of benzene rings is 2. The molecule has 0 bridgehead atoms. The third-order valence-electron chi connectivity index (χ3n) is 4.44. The number of ether oxygens (including phenoxy) is 1. The van der Waals surface area contributed by atoms with E-state index >= 15 is 0 Å². The summed E-state index contributed by atoms with van der Waals surface area (Å²) >= 11 is 5.86. The molecule has 2 aromatic carbocycles. The number of carbonyl (C=O) groups is 1. The highest BCUT2D eigenvalue weighted by Gasteiger charge is 2.39. The summed E-state index contributed by atoms with van der Waals surface area (Å²) in [4.78, 5) is 24.6. The lowest BCUT2D eigenvalue weighted by molar-refractivity contribution is -0.207. The summed E-state index contributed by atoms with van der Waals surface area (Å²) < 4.78 is 45.1. The molecule has 0 aliphatic rings. The molecule has 1 heterocycles. The van der Waals surface area contributed by atoms with E-state index in [1.807, 2.05) is 0 Å². The number of aliphatic hydroxyl groups excluding tert-OH is 1. The van der Waals surface area contributed by atoms with Crippen LogP contribution in [0.4, 0.5) is 13.2 Å². The van der Waals surface area contributed by atoms with Crippen molar-refractivity contribution in [1.82, 2.24) is 14.3 Å². The molecule has 0 aliphatic heterocycles. The van der Waals surface area contributed by atoms with Gasteiger partial charge in [0.25, 0.3) is 0 Å². The van der Waals surface area contributed by atoms with Gasteiger partial charge < -0.3 is 9.84 Å². The summed E-state index contributed by atoms with van der Waals surface area (Å²) in [5, 5.41) is 14.1. The summed E-state index contributed by atoms with van der Waals surface area (Å²) in [6, 6.07) is 12.2. The fourth-order valence-electron chi connectivity index (χ4n) is 2.88. The molecule has 3 aromatic rings. The average molecular weight is 456 g/mol. The Morgan fingerprint density at radius 2 is 1.90 bits per heavy atom. The molecule has 0 aliphatic carbocycles. The first kappa shape index (κ1) is 22.6. The van der Waals surface area contributed by atoms with Gasteiger partial charge in [-0.1, -0.05) is 23.7 Å². The lowest BCUT2D eigenvalue weighted by atomic mass is 10.1. The van der Waals surface area contributed by atoms with Crippen molar-refractivity contribution in [1.29, 1.82) is 0 Å². The predicted molar refractivity (Wildman–Crippen MR) is 106 cm³/mol. The van der Waals surface area contributed by atoms with Gasteiger partial charge in [-0.05, 0) is 42.0 Å². The number of alkyl halides is 3. The molecule has 7 nitrogen and oxygen atoms in total. The van der Waals surface area contributed by atoms with E-state index < -0.39 is 30.5 Å². The normalized spacial score (nSPS) is 12.6. The maximum Gasteiger partial charge on any atom is 0.416 e. The molecule has 1 N–H and O–H groups in total. The Bertz CT molecular complexity index is 1140. The predicted octanol–water partition coefficient (Wildman–Crippen LogP) is 3.12. The van der Waals surface area contributed by atoms with Crippen molar-refractivity contribution >= 4 is 17.6 Å². The number of nitrogens with zero attached hydrogens (tertiary/aromatic N) is 3. The number of esters is 1. The lowest BCUT2D eigenvalue weighted by Gasteiger charge is -2.15. The second-order valence-corrected chi connectivity index (χ2v) is 7.07. The van der Waals surface area contributed by atoms with Crippen LogP contribution in [0.25, 0.3) is 11.4 Å². The van der Waals surface area contributed by atoms with E-state index in [0.29, 0.717) is 16.1 Å². The van der Waals surface area contributed by atoms with Crippen molar-refractivity contribution < 1.29 is 27.8 Å². The molecule has 0 amide bonds. The van der Waals surface area contributed by atoms with Gasteiger partial charge in [0.05, 0.1) is 25.8 Å². The van der Waals surface area contributed by atoms with E-state index in [4.69, 9.17) is 11.6 Å². The molecule has 11 heteroatoms. The quantitative estimate of drug-likeness (QED) is 0.577. The minimum atomic E-state index is -4.91. The van der Waals surface area contributed by atoms with Crippen molar-refractivity contribution in [2.45, 2.75) is 25.4 Å². The summed E-state index contributed by atoms with van der Waals surface area (Å²) in [7, 11) is 1.23. The topological polar surface area (TPSA) is 86.3 Å². The zero-order chi connectivity index (χ0) is 22.8. The molecule has 31 heavy (non-hydrogen) atoms. The Balaban J connectivity index is 2.04. The van der Waals surface area contributed by atoms with Crippen LogP contribution in [0.2, 0.25) is 5.02 Å². The van der Waals surface area contributed by atoms with Gasteiger partial charge in [-0.2, -0.15) is 13.2 Å². The van der Waals surface area contributed by atoms with Crippen LogP contribution in [0, 0.1) is 0 Å². The number of aliphatic hydroxyl groups is 1. The van der Waals surface area contributed by atoms with Crippen LogP contribution in [-0.2, 0) is 17.8 Å². The Morgan fingerprint density at radius 3 is 2.52 bits per heavy atom. The van der Waals surface area contributed by atoms with Crippen LogP contribution >= 0.6 is 11.6 Å². The number of hydrogen-bond donors (Lipinski definition) is 1. The molecule has 0 fully saturated rings. The van der Waals surface area contributed by atoms with Crippen LogP contribution < -0.4 is 5.69 Å². The molecule has 164 valence electrons. The van der Waals surface area contributed by atoms with Gasteiger partial charge >= 0.3 is 17.8 Å². The number of rotatable bonds is 6. The minimum Gasteiger partial charge on any atom is -0.465 e. The number of aromatic nitrogens is 3. The van der Waals surface area contributed by atoms with Gasteiger partial charge in [-0.15, -0.1) is 5.10 Å². The van der Waals surface area contributed by atoms with Crippen LogP contribution in [0.15, 0.2) is 53.3 Å². The molecule has 1 aromatic heterocycles. The summed E-state index contributed by atoms with van der Waals surface area (Å²) in [5.41, 5.74) is 0.251. The number of methoxy groups -OCH3 is 1. The molecule has 0 saturated carbocycles. The maximum absolute atomic E-state index is 12.9. The molecule has 0 spiro atoms. The van der Waals surface area contributed by atoms with Gasteiger partial charge in [0.15, 0.2) is 11.9 Å². The van der Waals surface area contributed by atoms with Gasteiger partial charge in [0.2, 0.25) is 0 Å². The van der Waals surface area contributed by atoms with Crippen molar-refractivity contribution in [2.75, 3.05) is 7.11 Å². The van der Waals surface area contributed by atoms with Crippen molar-refractivity contribution in [3.05, 3.63) is 75.2 Å². The average Bonchev–Trinajstić information content (AvgIpc) is 3.03. The van der Waals surface area contributed by atoms with Crippen LogP contribution in [0.3, 0.4) is 0 Å². The van der Waals surface area contributed by atoms with E-state index in [0.717, 1.165) is 9.25 Å². The Kier molecular flexibility index (Phi) is 6.51. The summed E-state index contributed by atoms with van der Waals surface area (Å²) in [6.45, 7) is -1.14. The zero-order valence-electron chi connectivity index (χ0n) is 16.1. The first-order valence-corrected chi connectivity index (χ1v) is 9.33. The van der Waals surface area contributed by atoms with E-state index in [1.165, 1.54) is 43.5 Å². The fourth-order valence-corrected chi connectivity index (χ4v) is 3.01. The summed E-state index contributed by atoms with van der Waals surface area (Å²) in [6.07, 6.45) is -7.66. The fraction of sp³-hybridized carbons (Fsp3) is 0.250. The standard InChI is InChI=1S/C20H17ClF3N3O4/c1-31-18(29)14-4-2-3-12(9-14)10-27-19(30)26(11-16(28)20(22,23)24)17(25-27)13-5-7-15(21)8-6-13/h2-9,16,28H,10-11H2,1H3. The monoisotopic (exact) mass is 455 g/mol. The summed E-state index contributed by atoms with van der Waals surface area (Å²) in [5.74, 6) is -0.635. The second kappa shape index (κ2) is 8.94. The molecular formula is C20H17ClF3N3O4. The Hall–Kier alpha value is -3.11. The third kappa shape index (κ3) is 5.15. The van der Waals surface area contributed by atoms with E-state index in [1.54, 1.807) is 12.1 Å². The largest absolute Gasteiger partial charge is 0.465 e. The first-order chi connectivity index (χ1) is 14.6. The van der Waals surface area contributed by atoms with Crippen molar-refractivity contribution in [3.8, 4) is 11.4 Å². The number of carbonyl (C=O) groups excluding carboxylic acids is 1. The minimum absolute atomic E-state index is 0.0610. The SMILES string of the molecule is COC(=O)c1cccc(Cn2nc(-c3ccc(Cl)cc3)n(CC(O)C(F)(F)F)c2=O)c1. The highest BCUT2D eigenvalue weighted by Crippen LogP contribution is 2.24. The maximum atomic E-state index is 12.9. The smallest absolute Gasteiger partial charge is 0.416 e. The Labute approximate surface area is 179 Å². The highest BCUT2D eigenvalue weighted by molar-refractivity contribution is 6.30. The molecule has 3 rings (SSSR count). The van der Waals surface area contributed by atoms with Crippen LogP contribution in [-0.4, -0.2) is 44.8 Å². The molecule has 1 unspecified atom stereocenters. The van der Waals surface area contributed by atoms with Gasteiger partial charge in [-0.3, -0.25) is 4.57 Å². The third-order valence-corrected chi connectivity index (χ3v) is 4.69. The molecule has 1 atom stereocenters. The zero-order valence-corrected chi connectivity index (χ0v) is 16.9. The van der Waals surface area contributed by atoms with E-state index in [2.05, 4.69) is 9.84 Å². The lowest BCUT2D eigenvalue weighted by Crippen LogP contribution is -2.37. The number of hydrogen-bond acceptors (Lipinski definition) is 5. The Morgan fingerprint density at radius 1 is 1.23 bits per heavy atom. The van der Waals surface area contributed by atoms with E-state index in [-0.39, 0.29) is 17.9 Å².